The second-order valence-electron chi connectivity index (χ2n) is 4.77. The van der Waals surface area contributed by atoms with Crippen LogP contribution in [0, 0.1) is 5.82 Å². The minimum Gasteiger partial charge on any atom is -0.313 e. The lowest BCUT2D eigenvalue weighted by molar-refractivity contribution is 0.556. The highest BCUT2D eigenvalue weighted by Crippen LogP contribution is 2.23. The van der Waals surface area contributed by atoms with Gasteiger partial charge in [0.1, 0.15) is 5.82 Å². The van der Waals surface area contributed by atoms with Crippen LogP contribution >= 0.6 is 0 Å². The predicted octanol–water partition coefficient (Wildman–Crippen LogP) is 2.98. The van der Waals surface area contributed by atoms with E-state index >= 15 is 0 Å². The summed E-state index contributed by atoms with van der Waals surface area (Å²) in [5.41, 5.74) is 2.83. The third-order valence-corrected chi connectivity index (χ3v) is 3.56. The highest BCUT2D eigenvalue weighted by molar-refractivity contribution is 5.55. The molecule has 1 unspecified atom stereocenters. The summed E-state index contributed by atoms with van der Waals surface area (Å²) in [6, 6.07) is 12.9. The number of benzene rings is 1. The van der Waals surface area contributed by atoms with Crippen molar-refractivity contribution in [2.24, 2.45) is 0 Å². The second kappa shape index (κ2) is 5.43. The van der Waals surface area contributed by atoms with Crippen molar-refractivity contribution in [3.8, 4) is 0 Å². The van der Waals surface area contributed by atoms with E-state index in [1.54, 1.807) is 6.07 Å². The molecule has 0 fully saturated rings. The lowest BCUT2D eigenvalue weighted by Crippen LogP contribution is -2.19. The number of pyridine rings is 1. The van der Waals surface area contributed by atoms with Crippen LogP contribution in [0.2, 0.25) is 0 Å². The number of halogens is 1. The standard InChI is InChI=1S/C16H16FN3/c1-18-15(10-12-6-2-3-7-14(12)17)13-11-19-20-9-5-4-8-16(13)20/h2-9,11,15,18H,10H2,1H3. The lowest BCUT2D eigenvalue weighted by Gasteiger charge is -2.15. The van der Waals surface area contributed by atoms with Gasteiger partial charge in [-0.2, -0.15) is 5.10 Å². The number of aromatic nitrogens is 2. The Bertz CT molecular complexity index is 720. The molecule has 2 heterocycles. The second-order valence-corrected chi connectivity index (χ2v) is 4.77. The molecule has 1 aromatic carbocycles. The molecule has 20 heavy (non-hydrogen) atoms. The molecule has 102 valence electrons. The summed E-state index contributed by atoms with van der Waals surface area (Å²) in [6.45, 7) is 0. The molecule has 3 nitrogen and oxygen atoms in total. The molecular weight excluding hydrogens is 253 g/mol. The first-order chi connectivity index (χ1) is 9.79. The highest BCUT2D eigenvalue weighted by Gasteiger charge is 2.16. The molecule has 4 heteroatoms. The van der Waals surface area contributed by atoms with Crippen molar-refractivity contribution in [1.82, 2.24) is 14.9 Å². The van der Waals surface area contributed by atoms with Gasteiger partial charge in [0, 0.05) is 17.8 Å². The van der Waals surface area contributed by atoms with E-state index in [1.165, 1.54) is 6.07 Å². The van der Waals surface area contributed by atoms with Gasteiger partial charge < -0.3 is 5.32 Å². The van der Waals surface area contributed by atoms with Gasteiger partial charge in [0.15, 0.2) is 0 Å². The molecule has 0 radical (unpaired) electrons. The summed E-state index contributed by atoms with van der Waals surface area (Å²) < 4.78 is 15.6. The van der Waals surface area contributed by atoms with Crippen molar-refractivity contribution in [2.45, 2.75) is 12.5 Å². The van der Waals surface area contributed by atoms with Gasteiger partial charge in [-0.1, -0.05) is 24.3 Å². The van der Waals surface area contributed by atoms with Crippen LogP contribution in [0.15, 0.2) is 54.9 Å². The smallest absolute Gasteiger partial charge is 0.126 e. The molecule has 3 aromatic rings. The fourth-order valence-electron chi connectivity index (χ4n) is 2.47. The van der Waals surface area contributed by atoms with Crippen molar-refractivity contribution in [2.75, 3.05) is 7.05 Å². The summed E-state index contributed by atoms with van der Waals surface area (Å²) in [4.78, 5) is 0. The third-order valence-electron chi connectivity index (χ3n) is 3.56. The highest BCUT2D eigenvalue weighted by atomic mass is 19.1. The fraction of sp³-hybridized carbons (Fsp3) is 0.188. The number of nitrogens with one attached hydrogen (secondary N) is 1. The van der Waals surface area contributed by atoms with Crippen molar-refractivity contribution in [3.05, 3.63) is 71.8 Å². The number of fused-ring (bicyclic) bond motifs is 1. The SMILES string of the molecule is CNC(Cc1ccccc1F)c1cnn2ccccc12. The zero-order chi connectivity index (χ0) is 13.9. The average Bonchev–Trinajstić information content (AvgIpc) is 2.90. The summed E-state index contributed by atoms with van der Waals surface area (Å²) in [7, 11) is 1.89. The van der Waals surface area contributed by atoms with Crippen LogP contribution in [0.1, 0.15) is 17.2 Å². The van der Waals surface area contributed by atoms with Gasteiger partial charge in [0.25, 0.3) is 0 Å². The Labute approximate surface area is 117 Å². The molecule has 2 aromatic heterocycles. The van der Waals surface area contributed by atoms with Crippen LogP contribution < -0.4 is 5.32 Å². The molecule has 0 amide bonds. The molecule has 1 atom stereocenters. The minimum atomic E-state index is -0.163. The van der Waals surface area contributed by atoms with Gasteiger partial charge in [0.05, 0.1) is 11.7 Å². The Hall–Kier alpha value is -2.20. The van der Waals surface area contributed by atoms with Gasteiger partial charge in [-0.3, -0.25) is 0 Å². The quantitative estimate of drug-likeness (QED) is 0.789. The van der Waals surface area contributed by atoms with Crippen LogP contribution in [0.25, 0.3) is 5.52 Å². The Morgan fingerprint density at radius 3 is 2.80 bits per heavy atom. The Balaban J connectivity index is 1.96. The first kappa shape index (κ1) is 12.8. The van der Waals surface area contributed by atoms with E-state index in [-0.39, 0.29) is 11.9 Å². The maximum atomic E-state index is 13.8. The zero-order valence-electron chi connectivity index (χ0n) is 11.3. The van der Waals surface area contributed by atoms with E-state index in [9.17, 15) is 4.39 Å². The number of hydrogen-bond acceptors (Lipinski definition) is 2. The minimum absolute atomic E-state index is 0.0341. The molecule has 0 aliphatic rings. The topological polar surface area (TPSA) is 29.3 Å². The van der Waals surface area contributed by atoms with E-state index in [0.717, 1.165) is 11.1 Å². The molecule has 3 rings (SSSR count). The van der Waals surface area contributed by atoms with Crippen molar-refractivity contribution < 1.29 is 4.39 Å². The van der Waals surface area contributed by atoms with Crippen molar-refractivity contribution in [1.29, 1.82) is 0 Å². The fourth-order valence-corrected chi connectivity index (χ4v) is 2.47. The van der Waals surface area contributed by atoms with E-state index in [4.69, 9.17) is 0 Å². The normalized spacial score (nSPS) is 12.7. The van der Waals surface area contributed by atoms with Gasteiger partial charge >= 0.3 is 0 Å². The molecular formula is C16H16FN3. The van der Waals surface area contributed by atoms with Gasteiger partial charge in [0.2, 0.25) is 0 Å². The Morgan fingerprint density at radius 1 is 1.20 bits per heavy atom. The third kappa shape index (κ3) is 2.30. The van der Waals surface area contributed by atoms with E-state index in [2.05, 4.69) is 10.4 Å². The number of likely N-dealkylation sites (N-methyl/N-ethyl adjacent to an activating group) is 1. The lowest BCUT2D eigenvalue weighted by atomic mass is 10.00. The predicted molar refractivity (Wildman–Crippen MR) is 77.1 cm³/mol. The van der Waals surface area contributed by atoms with Crippen LogP contribution in [0.4, 0.5) is 4.39 Å². The monoisotopic (exact) mass is 269 g/mol. The number of rotatable bonds is 4. The Morgan fingerprint density at radius 2 is 2.00 bits per heavy atom. The summed E-state index contributed by atoms with van der Waals surface area (Å²) in [5, 5.41) is 7.59. The molecule has 0 bridgehead atoms. The largest absolute Gasteiger partial charge is 0.313 e. The molecule has 0 aliphatic carbocycles. The number of nitrogens with zero attached hydrogens (tertiary/aromatic N) is 2. The van der Waals surface area contributed by atoms with Crippen molar-refractivity contribution >= 4 is 5.52 Å². The maximum Gasteiger partial charge on any atom is 0.126 e. The average molecular weight is 269 g/mol. The van der Waals surface area contributed by atoms with Crippen LogP contribution in [-0.2, 0) is 6.42 Å². The van der Waals surface area contributed by atoms with Crippen LogP contribution in [-0.4, -0.2) is 16.7 Å². The molecule has 0 aliphatic heterocycles. The molecule has 0 saturated heterocycles. The van der Waals surface area contributed by atoms with Crippen LogP contribution in [0.3, 0.4) is 0 Å². The van der Waals surface area contributed by atoms with E-state index in [1.807, 2.05) is 54.3 Å². The molecule has 1 N–H and O–H groups in total. The van der Waals surface area contributed by atoms with Gasteiger partial charge in [-0.25, -0.2) is 8.91 Å². The summed E-state index contributed by atoms with van der Waals surface area (Å²) in [5.74, 6) is -0.163. The maximum absolute atomic E-state index is 13.8. The summed E-state index contributed by atoms with van der Waals surface area (Å²) >= 11 is 0. The molecule has 0 saturated carbocycles. The first-order valence-electron chi connectivity index (χ1n) is 6.62. The van der Waals surface area contributed by atoms with E-state index < -0.39 is 0 Å². The first-order valence-corrected chi connectivity index (χ1v) is 6.62. The van der Waals surface area contributed by atoms with Crippen LogP contribution in [0.5, 0.6) is 0 Å². The summed E-state index contributed by atoms with van der Waals surface area (Å²) in [6.07, 6.45) is 4.35. The molecule has 0 spiro atoms. The van der Waals surface area contributed by atoms with Gasteiger partial charge in [-0.05, 0) is 37.2 Å². The van der Waals surface area contributed by atoms with E-state index in [0.29, 0.717) is 12.0 Å². The van der Waals surface area contributed by atoms with Gasteiger partial charge in [-0.15, -0.1) is 0 Å². The Kier molecular flexibility index (Phi) is 3.48. The van der Waals surface area contributed by atoms with Crippen molar-refractivity contribution in [3.63, 3.8) is 0 Å². The number of hydrogen-bond donors (Lipinski definition) is 1. The zero-order valence-corrected chi connectivity index (χ0v) is 11.3.